The molecular weight excluding hydrogens is 311 g/mol. The molecule has 0 N–H and O–H groups in total. The Hall–Kier alpha value is -1.62. The number of benzene rings is 1. The molecule has 0 unspecified atom stereocenters. The minimum absolute atomic E-state index is 0.233. The van der Waals surface area contributed by atoms with Crippen molar-refractivity contribution >= 4 is 27.4 Å². The summed E-state index contributed by atoms with van der Waals surface area (Å²) in [5, 5.41) is 0. The summed E-state index contributed by atoms with van der Waals surface area (Å²) in [4.78, 5) is 6.13. The van der Waals surface area contributed by atoms with Crippen molar-refractivity contribution in [2.75, 3.05) is 19.1 Å². The Balaban J connectivity index is 2.35. The van der Waals surface area contributed by atoms with Crippen LogP contribution >= 0.6 is 15.9 Å². The second kappa shape index (κ2) is 5.57. The molecule has 0 amide bonds. The molecule has 1 aromatic carbocycles. The third-order valence-electron chi connectivity index (χ3n) is 2.90. The lowest BCUT2D eigenvalue weighted by atomic mass is 10.2. The normalized spacial score (nSPS) is 10.4. The van der Waals surface area contributed by atoms with E-state index in [1.165, 1.54) is 13.2 Å². The predicted molar refractivity (Wildman–Crippen MR) is 77.7 cm³/mol. The molecule has 0 aliphatic carbocycles. The molecule has 19 heavy (non-hydrogen) atoms. The van der Waals surface area contributed by atoms with Gasteiger partial charge in [-0.1, -0.05) is 0 Å². The average molecular weight is 325 g/mol. The third-order valence-corrected chi connectivity index (χ3v) is 3.73. The number of ether oxygens (including phenoxy) is 1. The van der Waals surface area contributed by atoms with E-state index in [1.54, 1.807) is 18.3 Å². The van der Waals surface area contributed by atoms with E-state index in [4.69, 9.17) is 4.74 Å². The van der Waals surface area contributed by atoms with Crippen molar-refractivity contribution < 1.29 is 9.13 Å². The van der Waals surface area contributed by atoms with Crippen LogP contribution in [-0.2, 0) is 0 Å². The molecule has 0 spiro atoms. The van der Waals surface area contributed by atoms with Crippen molar-refractivity contribution in [1.29, 1.82) is 0 Å². The van der Waals surface area contributed by atoms with Gasteiger partial charge in [0.25, 0.3) is 0 Å². The molecule has 1 aromatic heterocycles. The maximum absolute atomic E-state index is 13.7. The Morgan fingerprint density at radius 2 is 2.05 bits per heavy atom. The lowest BCUT2D eigenvalue weighted by molar-refractivity contribution is 0.386. The second-order valence-electron chi connectivity index (χ2n) is 4.17. The van der Waals surface area contributed by atoms with Gasteiger partial charge in [-0.3, -0.25) is 0 Å². The van der Waals surface area contributed by atoms with Crippen LogP contribution < -0.4 is 9.64 Å². The number of hydrogen-bond acceptors (Lipinski definition) is 3. The van der Waals surface area contributed by atoms with Crippen LogP contribution in [0.15, 0.2) is 34.9 Å². The largest absolute Gasteiger partial charge is 0.494 e. The minimum atomic E-state index is -0.388. The van der Waals surface area contributed by atoms with Gasteiger partial charge in [-0.2, -0.15) is 0 Å². The first-order chi connectivity index (χ1) is 9.02. The molecule has 0 atom stereocenters. The molecule has 0 fully saturated rings. The molecule has 5 heteroatoms. The Labute approximate surface area is 120 Å². The van der Waals surface area contributed by atoms with Crippen LogP contribution in [0.5, 0.6) is 5.75 Å². The van der Waals surface area contributed by atoms with Gasteiger partial charge in [0.15, 0.2) is 11.6 Å². The maximum atomic E-state index is 13.7. The van der Waals surface area contributed by atoms with E-state index >= 15 is 0 Å². The van der Waals surface area contributed by atoms with E-state index in [1.807, 2.05) is 24.9 Å². The monoisotopic (exact) mass is 324 g/mol. The van der Waals surface area contributed by atoms with Gasteiger partial charge < -0.3 is 9.64 Å². The standard InChI is InChI=1S/C14H14BrFN2O/c1-9-6-14(17-8-11(9)15)18(2)10-4-5-13(19-3)12(16)7-10/h4-8H,1-3H3. The van der Waals surface area contributed by atoms with Gasteiger partial charge in [-0.15, -0.1) is 0 Å². The van der Waals surface area contributed by atoms with Crippen LogP contribution in [0.3, 0.4) is 0 Å². The molecule has 0 aliphatic rings. The topological polar surface area (TPSA) is 25.4 Å². The van der Waals surface area contributed by atoms with Crippen molar-refractivity contribution in [2.24, 2.45) is 0 Å². The first kappa shape index (κ1) is 13.8. The van der Waals surface area contributed by atoms with Crippen molar-refractivity contribution in [3.05, 3.63) is 46.3 Å². The van der Waals surface area contributed by atoms with Crippen LogP contribution in [0.1, 0.15) is 5.56 Å². The van der Waals surface area contributed by atoms with Gasteiger partial charge in [0.1, 0.15) is 5.82 Å². The number of nitrogens with zero attached hydrogens (tertiary/aromatic N) is 2. The zero-order valence-corrected chi connectivity index (χ0v) is 12.5. The predicted octanol–water partition coefficient (Wildman–Crippen LogP) is 4.07. The number of rotatable bonds is 3. The Bertz CT molecular complexity index is 604. The number of methoxy groups -OCH3 is 1. The number of halogens is 2. The van der Waals surface area contributed by atoms with Crippen molar-refractivity contribution in [1.82, 2.24) is 4.98 Å². The molecular formula is C14H14BrFN2O. The van der Waals surface area contributed by atoms with E-state index < -0.39 is 0 Å². The highest BCUT2D eigenvalue weighted by Crippen LogP contribution is 2.28. The van der Waals surface area contributed by atoms with E-state index in [0.717, 1.165) is 15.9 Å². The smallest absolute Gasteiger partial charge is 0.167 e. The summed E-state index contributed by atoms with van der Waals surface area (Å²) in [5.41, 5.74) is 1.79. The second-order valence-corrected chi connectivity index (χ2v) is 5.02. The fourth-order valence-corrected chi connectivity index (χ4v) is 1.92. The maximum Gasteiger partial charge on any atom is 0.167 e. The molecule has 100 valence electrons. The third kappa shape index (κ3) is 2.87. The molecule has 2 aromatic rings. The summed E-state index contributed by atoms with van der Waals surface area (Å²) in [6, 6.07) is 6.76. The summed E-state index contributed by atoms with van der Waals surface area (Å²) in [7, 11) is 3.29. The average Bonchev–Trinajstić information content (AvgIpc) is 2.41. The summed E-state index contributed by atoms with van der Waals surface area (Å²) < 4.78 is 19.5. The number of aromatic nitrogens is 1. The summed E-state index contributed by atoms with van der Waals surface area (Å²) in [6.45, 7) is 1.98. The van der Waals surface area contributed by atoms with Gasteiger partial charge in [0.2, 0.25) is 0 Å². The SMILES string of the molecule is COc1ccc(N(C)c2cc(C)c(Br)cn2)cc1F. The van der Waals surface area contributed by atoms with Crippen LogP contribution in [0.4, 0.5) is 15.9 Å². The molecule has 0 bridgehead atoms. The quantitative estimate of drug-likeness (QED) is 0.851. The summed E-state index contributed by atoms with van der Waals surface area (Å²) >= 11 is 3.41. The van der Waals surface area contributed by atoms with E-state index in [2.05, 4.69) is 20.9 Å². The zero-order chi connectivity index (χ0) is 14.0. The molecule has 0 saturated heterocycles. The van der Waals surface area contributed by atoms with Crippen molar-refractivity contribution in [3.8, 4) is 5.75 Å². The number of anilines is 2. The van der Waals surface area contributed by atoms with E-state index in [-0.39, 0.29) is 11.6 Å². The van der Waals surface area contributed by atoms with Crippen LogP contribution in [0.2, 0.25) is 0 Å². The van der Waals surface area contributed by atoms with Gasteiger partial charge in [-0.25, -0.2) is 9.37 Å². The molecule has 0 saturated carbocycles. The first-order valence-electron chi connectivity index (χ1n) is 5.72. The number of pyridine rings is 1. The fraction of sp³-hybridized carbons (Fsp3) is 0.214. The number of hydrogen-bond donors (Lipinski definition) is 0. The highest BCUT2D eigenvalue weighted by molar-refractivity contribution is 9.10. The first-order valence-corrected chi connectivity index (χ1v) is 6.51. The molecule has 0 aliphatic heterocycles. The minimum Gasteiger partial charge on any atom is -0.494 e. The number of aryl methyl sites for hydroxylation is 1. The van der Waals surface area contributed by atoms with E-state index in [9.17, 15) is 4.39 Å². The van der Waals surface area contributed by atoms with Gasteiger partial charge in [0.05, 0.1) is 7.11 Å². The molecule has 0 radical (unpaired) electrons. The molecule has 3 nitrogen and oxygen atoms in total. The Kier molecular flexibility index (Phi) is 4.04. The van der Waals surface area contributed by atoms with Gasteiger partial charge >= 0.3 is 0 Å². The van der Waals surface area contributed by atoms with Gasteiger partial charge in [0, 0.05) is 29.5 Å². The van der Waals surface area contributed by atoms with E-state index in [0.29, 0.717) is 5.69 Å². The fourth-order valence-electron chi connectivity index (χ4n) is 1.70. The highest BCUT2D eigenvalue weighted by Gasteiger charge is 2.10. The Morgan fingerprint density at radius 3 is 2.63 bits per heavy atom. The highest BCUT2D eigenvalue weighted by atomic mass is 79.9. The van der Waals surface area contributed by atoms with Crippen molar-refractivity contribution in [2.45, 2.75) is 6.92 Å². The summed E-state index contributed by atoms with van der Waals surface area (Å²) in [6.07, 6.45) is 1.74. The lowest BCUT2D eigenvalue weighted by Crippen LogP contribution is -2.11. The Morgan fingerprint density at radius 1 is 1.32 bits per heavy atom. The molecule has 2 rings (SSSR count). The van der Waals surface area contributed by atoms with Crippen LogP contribution in [-0.4, -0.2) is 19.1 Å². The zero-order valence-electron chi connectivity index (χ0n) is 10.9. The van der Waals surface area contributed by atoms with Crippen LogP contribution in [0.25, 0.3) is 0 Å². The van der Waals surface area contributed by atoms with Crippen molar-refractivity contribution in [3.63, 3.8) is 0 Å². The molecule has 1 heterocycles. The van der Waals surface area contributed by atoms with Gasteiger partial charge in [-0.05, 0) is 46.6 Å². The van der Waals surface area contributed by atoms with Crippen LogP contribution in [0, 0.1) is 12.7 Å². The summed E-state index contributed by atoms with van der Waals surface area (Å²) in [5.74, 6) is 0.600. The lowest BCUT2D eigenvalue weighted by Gasteiger charge is -2.19.